The predicted octanol–water partition coefficient (Wildman–Crippen LogP) is 2.13. The number of nitrogens with one attached hydrogen (secondary N) is 2. The van der Waals surface area contributed by atoms with Gasteiger partial charge in [-0.1, -0.05) is 44.5 Å². The predicted molar refractivity (Wildman–Crippen MR) is 111 cm³/mol. The standard InChI is InChI=1S/C21H24FN3O4S/c1-3-13(2)19(21(27)23-12-17(26)14-7-6-8-15(22)11-14)24-20-16-9-4-5-10-18(16)30(28,29)25-20/h4-11,13,17,19,26H,3,12H2,1-2H3,(H,23,27)(H,24,25)/t13-,17?,19-/m0/s1. The van der Waals surface area contributed by atoms with Gasteiger partial charge in [-0.3, -0.25) is 14.5 Å². The van der Waals surface area contributed by atoms with Crippen LogP contribution in [0.4, 0.5) is 4.39 Å². The number of carbonyl (C=O) groups excluding carboxylic acids is 1. The number of aliphatic hydroxyl groups excluding tert-OH is 1. The van der Waals surface area contributed by atoms with Gasteiger partial charge in [-0.25, -0.2) is 12.8 Å². The number of carbonyl (C=O) groups is 1. The molecule has 2 aromatic rings. The maximum Gasteiger partial charge on any atom is 0.263 e. The van der Waals surface area contributed by atoms with E-state index in [0.29, 0.717) is 17.5 Å². The Morgan fingerprint density at radius 3 is 2.67 bits per heavy atom. The third-order valence-electron chi connectivity index (χ3n) is 5.09. The van der Waals surface area contributed by atoms with Gasteiger partial charge in [-0.2, -0.15) is 0 Å². The molecule has 3 N–H and O–H groups in total. The van der Waals surface area contributed by atoms with Crippen LogP contribution < -0.4 is 10.0 Å². The Hall–Kier alpha value is -2.78. The number of amidine groups is 1. The van der Waals surface area contributed by atoms with Crippen LogP contribution in [0.1, 0.15) is 37.5 Å². The Morgan fingerprint density at radius 2 is 1.97 bits per heavy atom. The summed E-state index contributed by atoms with van der Waals surface area (Å²) >= 11 is 0. The molecule has 30 heavy (non-hydrogen) atoms. The molecule has 0 aliphatic carbocycles. The number of aliphatic imine (C=N–C) groups is 1. The first-order valence-electron chi connectivity index (χ1n) is 9.64. The fraction of sp³-hybridized carbons (Fsp3) is 0.333. The first-order chi connectivity index (χ1) is 14.2. The van der Waals surface area contributed by atoms with E-state index in [1.807, 2.05) is 13.8 Å². The minimum Gasteiger partial charge on any atom is -0.387 e. The number of hydrogen-bond acceptors (Lipinski definition) is 5. The van der Waals surface area contributed by atoms with Crippen molar-refractivity contribution in [2.75, 3.05) is 6.54 Å². The number of hydrogen-bond donors (Lipinski definition) is 3. The maximum atomic E-state index is 13.3. The number of amides is 1. The van der Waals surface area contributed by atoms with Crippen LogP contribution in [-0.4, -0.2) is 37.9 Å². The van der Waals surface area contributed by atoms with Crippen molar-refractivity contribution in [3.63, 3.8) is 0 Å². The van der Waals surface area contributed by atoms with Gasteiger partial charge in [0, 0.05) is 12.1 Å². The van der Waals surface area contributed by atoms with Crippen LogP contribution in [0.2, 0.25) is 0 Å². The Bertz CT molecular complexity index is 1070. The van der Waals surface area contributed by atoms with E-state index in [9.17, 15) is 22.7 Å². The molecule has 0 saturated carbocycles. The van der Waals surface area contributed by atoms with Crippen molar-refractivity contribution in [2.45, 2.75) is 37.3 Å². The van der Waals surface area contributed by atoms with E-state index in [2.05, 4.69) is 15.0 Å². The molecule has 1 amide bonds. The zero-order chi connectivity index (χ0) is 21.9. The zero-order valence-corrected chi connectivity index (χ0v) is 17.5. The highest BCUT2D eigenvalue weighted by Gasteiger charge is 2.33. The first-order valence-corrected chi connectivity index (χ1v) is 11.1. The molecular weight excluding hydrogens is 409 g/mol. The first kappa shape index (κ1) is 21.9. The molecule has 0 aromatic heterocycles. The van der Waals surface area contributed by atoms with Gasteiger partial charge in [0.1, 0.15) is 17.7 Å². The summed E-state index contributed by atoms with van der Waals surface area (Å²) < 4.78 is 40.3. The molecule has 0 radical (unpaired) electrons. The van der Waals surface area contributed by atoms with E-state index < -0.39 is 33.9 Å². The second-order valence-electron chi connectivity index (χ2n) is 7.23. The average Bonchev–Trinajstić information content (AvgIpc) is 2.99. The molecule has 2 aromatic carbocycles. The molecule has 160 valence electrons. The lowest BCUT2D eigenvalue weighted by Gasteiger charge is -2.20. The lowest BCUT2D eigenvalue weighted by molar-refractivity contribution is -0.123. The second kappa shape index (κ2) is 8.93. The van der Waals surface area contributed by atoms with Crippen molar-refractivity contribution in [1.29, 1.82) is 0 Å². The van der Waals surface area contributed by atoms with E-state index in [1.54, 1.807) is 24.3 Å². The number of rotatable bonds is 7. The van der Waals surface area contributed by atoms with Crippen molar-refractivity contribution in [3.8, 4) is 0 Å². The minimum absolute atomic E-state index is 0.119. The van der Waals surface area contributed by atoms with Gasteiger partial charge in [-0.15, -0.1) is 0 Å². The SMILES string of the molecule is CC[C@H](C)[C@H](N=C1NS(=O)(=O)c2ccccc21)C(=O)NCC(O)c1cccc(F)c1. The number of nitrogens with zero attached hydrogens (tertiary/aromatic N) is 1. The van der Waals surface area contributed by atoms with Crippen molar-refractivity contribution >= 4 is 21.8 Å². The van der Waals surface area contributed by atoms with E-state index in [4.69, 9.17) is 0 Å². The normalized spacial score (nSPS) is 18.9. The van der Waals surface area contributed by atoms with Gasteiger partial charge in [0.25, 0.3) is 10.0 Å². The summed E-state index contributed by atoms with van der Waals surface area (Å²) in [7, 11) is -3.71. The number of fused-ring (bicyclic) bond motifs is 1. The van der Waals surface area contributed by atoms with Crippen molar-refractivity contribution < 1.29 is 22.7 Å². The summed E-state index contributed by atoms with van der Waals surface area (Å²) in [6.45, 7) is 3.62. The highest BCUT2D eigenvalue weighted by molar-refractivity contribution is 7.90. The lowest BCUT2D eigenvalue weighted by atomic mass is 9.98. The number of sulfonamides is 1. The van der Waals surface area contributed by atoms with Gasteiger partial charge in [0.15, 0.2) is 0 Å². The van der Waals surface area contributed by atoms with Gasteiger partial charge in [0.05, 0.1) is 11.0 Å². The molecule has 1 aliphatic rings. The van der Waals surface area contributed by atoms with E-state index in [-0.39, 0.29) is 23.2 Å². The molecule has 0 fully saturated rings. The molecule has 1 heterocycles. The van der Waals surface area contributed by atoms with Crippen molar-refractivity contribution in [2.24, 2.45) is 10.9 Å². The molecule has 1 unspecified atom stereocenters. The second-order valence-corrected chi connectivity index (χ2v) is 8.88. The molecule has 0 spiro atoms. The van der Waals surface area contributed by atoms with Crippen molar-refractivity contribution in [1.82, 2.24) is 10.0 Å². The summed E-state index contributed by atoms with van der Waals surface area (Å²) in [6, 6.07) is 11.1. The average molecular weight is 434 g/mol. The third-order valence-corrected chi connectivity index (χ3v) is 6.48. The zero-order valence-electron chi connectivity index (χ0n) is 16.7. The van der Waals surface area contributed by atoms with Gasteiger partial charge >= 0.3 is 0 Å². The van der Waals surface area contributed by atoms with Gasteiger partial charge in [0.2, 0.25) is 5.91 Å². The summed E-state index contributed by atoms with van der Waals surface area (Å²) in [4.78, 5) is 17.4. The largest absolute Gasteiger partial charge is 0.387 e. The Balaban J connectivity index is 1.80. The molecule has 1 aliphatic heterocycles. The fourth-order valence-corrected chi connectivity index (χ4v) is 4.41. The van der Waals surface area contributed by atoms with E-state index in [0.717, 1.165) is 0 Å². The van der Waals surface area contributed by atoms with Crippen LogP contribution in [0, 0.1) is 11.7 Å². The number of benzene rings is 2. The molecule has 0 bridgehead atoms. The Kier molecular flexibility index (Phi) is 6.52. The Morgan fingerprint density at radius 1 is 1.23 bits per heavy atom. The van der Waals surface area contributed by atoms with Crippen molar-refractivity contribution in [3.05, 3.63) is 65.5 Å². The molecule has 3 atom stereocenters. The molecule has 9 heteroatoms. The molecular formula is C21H24FN3O4S. The van der Waals surface area contributed by atoms with Crippen LogP contribution in [0.3, 0.4) is 0 Å². The quantitative estimate of drug-likeness (QED) is 0.622. The third kappa shape index (κ3) is 4.68. The summed E-state index contributed by atoms with van der Waals surface area (Å²) in [5.41, 5.74) is 0.762. The van der Waals surface area contributed by atoms with Gasteiger partial charge in [-0.05, 0) is 35.7 Å². The summed E-state index contributed by atoms with van der Waals surface area (Å²) in [6.07, 6.45) is -0.448. The monoisotopic (exact) mass is 433 g/mol. The van der Waals surface area contributed by atoms with Crippen LogP contribution in [0.25, 0.3) is 0 Å². The lowest BCUT2D eigenvalue weighted by Crippen LogP contribution is -2.40. The fourth-order valence-electron chi connectivity index (χ4n) is 3.17. The van der Waals surface area contributed by atoms with E-state index in [1.165, 1.54) is 24.3 Å². The van der Waals surface area contributed by atoms with Crippen LogP contribution in [0.15, 0.2) is 58.4 Å². The molecule has 7 nitrogen and oxygen atoms in total. The highest BCUT2D eigenvalue weighted by atomic mass is 32.2. The maximum absolute atomic E-state index is 13.3. The number of aliphatic hydroxyl groups is 1. The highest BCUT2D eigenvalue weighted by Crippen LogP contribution is 2.24. The van der Waals surface area contributed by atoms with Crippen LogP contribution in [-0.2, 0) is 14.8 Å². The number of halogens is 1. The Labute approximate surface area is 175 Å². The van der Waals surface area contributed by atoms with Crippen LogP contribution in [0.5, 0.6) is 0 Å². The topological polar surface area (TPSA) is 108 Å². The summed E-state index contributed by atoms with van der Waals surface area (Å²) in [5.74, 6) is -0.984. The summed E-state index contributed by atoms with van der Waals surface area (Å²) in [5, 5.41) is 12.9. The minimum atomic E-state index is -3.71. The molecule has 0 saturated heterocycles. The van der Waals surface area contributed by atoms with Crippen LogP contribution >= 0.6 is 0 Å². The smallest absolute Gasteiger partial charge is 0.263 e. The van der Waals surface area contributed by atoms with E-state index >= 15 is 0 Å². The molecule has 3 rings (SSSR count). The van der Waals surface area contributed by atoms with Gasteiger partial charge < -0.3 is 10.4 Å².